The summed E-state index contributed by atoms with van der Waals surface area (Å²) in [6, 6.07) is 12.4. The van der Waals surface area contributed by atoms with Gasteiger partial charge in [-0.25, -0.2) is 4.98 Å². The van der Waals surface area contributed by atoms with Crippen LogP contribution >= 0.6 is 0 Å². The average molecular weight is 266 g/mol. The molecule has 0 saturated heterocycles. The fourth-order valence-corrected chi connectivity index (χ4v) is 2.48. The number of pyridine rings is 1. The summed E-state index contributed by atoms with van der Waals surface area (Å²) in [5.74, 6) is 0. The van der Waals surface area contributed by atoms with Crippen molar-refractivity contribution in [3.63, 3.8) is 0 Å². The fourth-order valence-electron chi connectivity index (χ4n) is 2.48. The van der Waals surface area contributed by atoms with Gasteiger partial charge in [-0.3, -0.25) is 0 Å². The SMILES string of the molecule is CCc1ccc(-c2nc3cc(CO)ccn3c2C)cc1. The van der Waals surface area contributed by atoms with Gasteiger partial charge in [-0.15, -0.1) is 0 Å². The lowest BCUT2D eigenvalue weighted by molar-refractivity contribution is 0.282. The van der Waals surface area contributed by atoms with Crippen molar-refractivity contribution in [3.05, 3.63) is 59.4 Å². The lowest BCUT2D eigenvalue weighted by Crippen LogP contribution is -1.90. The van der Waals surface area contributed by atoms with Crippen LogP contribution in [0.1, 0.15) is 23.7 Å². The summed E-state index contributed by atoms with van der Waals surface area (Å²) in [5, 5.41) is 9.21. The summed E-state index contributed by atoms with van der Waals surface area (Å²) in [6.45, 7) is 4.27. The number of aliphatic hydroxyl groups excluding tert-OH is 1. The summed E-state index contributed by atoms with van der Waals surface area (Å²) >= 11 is 0. The lowest BCUT2D eigenvalue weighted by Gasteiger charge is -2.01. The molecule has 0 atom stereocenters. The van der Waals surface area contributed by atoms with Crippen LogP contribution in [0.5, 0.6) is 0 Å². The first-order valence-electron chi connectivity index (χ1n) is 6.90. The van der Waals surface area contributed by atoms with Crippen LogP contribution in [0.2, 0.25) is 0 Å². The number of benzene rings is 1. The standard InChI is InChI=1S/C17H18N2O/c1-3-13-4-6-15(7-5-13)17-12(2)19-9-8-14(11-20)10-16(19)18-17/h4-10,20H,3,11H2,1-2H3. The molecule has 0 aliphatic rings. The zero-order valence-corrected chi connectivity index (χ0v) is 11.8. The average Bonchev–Trinajstić information content (AvgIpc) is 2.84. The number of hydrogen-bond acceptors (Lipinski definition) is 2. The van der Waals surface area contributed by atoms with Gasteiger partial charge in [0.15, 0.2) is 0 Å². The van der Waals surface area contributed by atoms with E-state index in [1.807, 2.05) is 18.3 Å². The molecule has 0 saturated carbocycles. The monoisotopic (exact) mass is 266 g/mol. The Hall–Kier alpha value is -2.13. The quantitative estimate of drug-likeness (QED) is 0.789. The Morgan fingerprint density at radius 3 is 2.50 bits per heavy atom. The van der Waals surface area contributed by atoms with E-state index in [4.69, 9.17) is 4.98 Å². The van der Waals surface area contributed by atoms with Crippen LogP contribution in [0.4, 0.5) is 0 Å². The predicted octanol–water partition coefficient (Wildman–Crippen LogP) is 3.36. The van der Waals surface area contributed by atoms with Gasteiger partial charge in [0.25, 0.3) is 0 Å². The van der Waals surface area contributed by atoms with E-state index in [0.717, 1.165) is 34.6 Å². The van der Waals surface area contributed by atoms with E-state index in [-0.39, 0.29) is 6.61 Å². The minimum atomic E-state index is 0.0446. The highest BCUT2D eigenvalue weighted by Gasteiger charge is 2.10. The summed E-state index contributed by atoms with van der Waals surface area (Å²) < 4.78 is 2.06. The number of aliphatic hydroxyl groups is 1. The minimum Gasteiger partial charge on any atom is -0.392 e. The first-order valence-corrected chi connectivity index (χ1v) is 6.90. The zero-order chi connectivity index (χ0) is 14.1. The van der Waals surface area contributed by atoms with Crippen molar-refractivity contribution in [2.45, 2.75) is 26.9 Å². The predicted molar refractivity (Wildman–Crippen MR) is 80.7 cm³/mol. The van der Waals surface area contributed by atoms with Crippen LogP contribution in [0.3, 0.4) is 0 Å². The van der Waals surface area contributed by atoms with Crippen molar-refractivity contribution in [2.75, 3.05) is 0 Å². The molecule has 0 fully saturated rings. The van der Waals surface area contributed by atoms with E-state index >= 15 is 0 Å². The third-order valence-electron chi connectivity index (χ3n) is 3.75. The third kappa shape index (κ3) is 2.10. The molecule has 1 aromatic carbocycles. The van der Waals surface area contributed by atoms with Crippen LogP contribution in [-0.4, -0.2) is 14.5 Å². The first-order chi connectivity index (χ1) is 9.72. The highest BCUT2D eigenvalue weighted by Crippen LogP contribution is 2.24. The van der Waals surface area contributed by atoms with Gasteiger partial charge < -0.3 is 9.51 Å². The van der Waals surface area contributed by atoms with Gasteiger partial charge >= 0.3 is 0 Å². The molecule has 0 spiro atoms. The smallest absolute Gasteiger partial charge is 0.138 e. The summed E-state index contributed by atoms with van der Waals surface area (Å²) in [7, 11) is 0. The molecule has 0 bridgehead atoms. The number of aryl methyl sites for hydroxylation is 2. The normalized spacial score (nSPS) is 11.2. The van der Waals surface area contributed by atoms with E-state index in [0.29, 0.717) is 0 Å². The van der Waals surface area contributed by atoms with Gasteiger partial charge in [0, 0.05) is 17.5 Å². The molecule has 0 unspecified atom stereocenters. The molecule has 2 heterocycles. The highest BCUT2D eigenvalue weighted by molar-refractivity contribution is 5.66. The second-order valence-electron chi connectivity index (χ2n) is 5.02. The molecule has 0 amide bonds. The maximum absolute atomic E-state index is 9.21. The minimum absolute atomic E-state index is 0.0446. The van der Waals surface area contributed by atoms with Crippen molar-refractivity contribution in [2.24, 2.45) is 0 Å². The third-order valence-corrected chi connectivity index (χ3v) is 3.75. The van der Waals surface area contributed by atoms with Crippen molar-refractivity contribution in [1.82, 2.24) is 9.38 Å². The second kappa shape index (κ2) is 5.10. The van der Waals surface area contributed by atoms with E-state index in [1.54, 1.807) is 0 Å². The van der Waals surface area contributed by atoms with Gasteiger partial charge in [-0.05, 0) is 36.6 Å². The Balaban J connectivity index is 2.12. The first kappa shape index (κ1) is 12.9. The molecule has 0 radical (unpaired) electrons. The van der Waals surface area contributed by atoms with Gasteiger partial charge in [-0.1, -0.05) is 31.2 Å². The van der Waals surface area contributed by atoms with E-state index in [1.165, 1.54) is 5.56 Å². The molecule has 3 heteroatoms. The number of aromatic nitrogens is 2. The summed E-state index contributed by atoms with van der Waals surface area (Å²) in [6.07, 6.45) is 3.01. The second-order valence-corrected chi connectivity index (χ2v) is 5.02. The number of hydrogen-bond donors (Lipinski definition) is 1. The summed E-state index contributed by atoms with van der Waals surface area (Å²) in [4.78, 5) is 4.70. The van der Waals surface area contributed by atoms with Crippen LogP contribution in [0.25, 0.3) is 16.9 Å². The van der Waals surface area contributed by atoms with Crippen LogP contribution < -0.4 is 0 Å². The Bertz CT molecular complexity index is 742. The number of nitrogens with zero attached hydrogens (tertiary/aromatic N) is 2. The molecule has 102 valence electrons. The van der Waals surface area contributed by atoms with Gasteiger partial charge in [0.1, 0.15) is 5.65 Å². The van der Waals surface area contributed by atoms with Crippen molar-refractivity contribution in [3.8, 4) is 11.3 Å². The van der Waals surface area contributed by atoms with Crippen LogP contribution in [0, 0.1) is 6.92 Å². The van der Waals surface area contributed by atoms with Crippen molar-refractivity contribution >= 4 is 5.65 Å². The molecule has 3 rings (SSSR count). The van der Waals surface area contributed by atoms with E-state index in [2.05, 4.69) is 42.5 Å². The molecular formula is C17H18N2O. The zero-order valence-electron chi connectivity index (χ0n) is 11.8. The Labute approximate surface area is 118 Å². The largest absolute Gasteiger partial charge is 0.392 e. The maximum atomic E-state index is 9.21. The Kier molecular flexibility index (Phi) is 3.28. The van der Waals surface area contributed by atoms with E-state index < -0.39 is 0 Å². The Morgan fingerprint density at radius 2 is 1.85 bits per heavy atom. The van der Waals surface area contributed by atoms with Crippen LogP contribution in [0.15, 0.2) is 42.6 Å². The molecule has 3 nitrogen and oxygen atoms in total. The van der Waals surface area contributed by atoms with Gasteiger partial charge in [0.05, 0.1) is 12.3 Å². The molecule has 1 N–H and O–H groups in total. The lowest BCUT2D eigenvalue weighted by atomic mass is 10.1. The topological polar surface area (TPSA) is 37.5 Å². The number of rotatable bonds is 3. The fraction of sp³-hybridized carbons (Fsp3) is 0.235. The molecule has 3 aromatic rings. The molecule has 0 aliphatic heterocycles. The van der Waals surface area contributed by atoms with Crippen LogP contribution in [-0.2, 0) is 13.0 Å². The maximum Gasteiger partial charge on any atom is 0.138 e. The number of imidazole rings is 1. The highest BCUT2D eigenvalue weighted by atomic mass is 16.3. The molecule has 2 aromatic heterocycles. The summed E-state index contributed by atoms with van der Waals surface area (Å²) in [5.41, 5.74) is 6.35. The van der Waals surface area contributed by atoms with E-state index in [9.17, 15) is 5.11 Å². The van der Waals surface area contributed by atoms with Crippen molar-refractivity contribution in [1.29, 1.82) is 0 Å². The molecule has 20 heavy (non-hydrogen) atoms. The van der Waals surface area contributed by atoms with Gasteiger partial charge in [-0.2, -0.15) is 0 Å². The van der Waals surface area contributed by atoms with Gasteiger partial charge in [0.2, 0.25) is 0 Å². The molecule has 0 aliphatic carbocycles. The molecular weight excluding hydrogens is 248 g/mol. The van der Waals surface area contributed by atoms with Crippen molar-refractivity contribution < 1.29 is 5.11 Å². The number of fused-ring (bicyclic) bond motifs is 1. The Morgan fingerprint density at radius 1 is 1.10 bits per heavy atom.